The third-order valence-electron chi connectivity index (χ3n) is 3.41. The van der Waals surface area contributed by atoms with Crippen LogP contribution in [0.2, 0.25) is 10.0 Å². The highest BCUT2D eigenvalue weighted by Crippen LogP contribution is 2.34. The smallest absolute Gasteiger partial charge is 0.0513 e. The first kappa shape index (κ1) is 11.8. The fourth-order valence-corrected chi connectivity index (χ4v) is 2.74. The Hall–Kier alpha value is -1.24. The standard InChI is InChI=1S/C16H12Cl2/c1-9-3-5-11-8-14-12(7-13(11)15(9)17)6-4-10(2)16(14)18/h3-8H,1-2H3. The first-order chi connectivity index (χ1) is 8.58. The highest BCUT2D eigenvalue weighted by Gasteiger charge is 2.07. The van der Waals surface area contributed by atoms with Crippen molar-refractivity contribution < 1.29 is 0 Å². The zero-order valence-corrected chi connectivity index (χ0v) is 11.7. The summed E-state index contributed by atoms with van der Waals surface area (Å²) in [7, 11) is 0. The van der Waals surface area contributed by atoms with Gasteiger partial charge in [0.05, 0.1) is 10.0 Å². The number of halogens is 2. The third kappa shape index (κ3) is 1.68. The molecule has 3 rings (SSSR count). The number of rotatable bonds is 0. The molecule has 0 aromatic heterocycles. The van der Waals surface area contributed by atoms with Gasteiger partial charge in [0.15, 0.2) is 0 Å². The molecule has 0 aliphatic heterocycles. The van der Waals surface area contributed by atoms with Gasteiger partial charge in [-0.1, -0.05) is 47.5 Å². The molecular weight excluding hydrogens is 263 g/mol. The summed E-state index contributed by atoms with van der Waals surface area (Å²) in [5.74, 6) is 0. The molecule has 0 heterocycles. The lowest BCUT2D eigenvalue weighted by Crippen LogP contribution is -1.83. The van der Waals surface area contributed by atoms with Gasteiger partial charge in [0.2, 0.25) is 0 Å². The molecule has 0 radical (unpaired) electrons. The van der Waals surface area contributed by atoms with E-state index in [4.69, 9.17) is 23.2 Å². The second-order valence-corrected chi connectivity index (χ2v) is 5.44. The van der Waals surface area contributed by atoms with E-state index in [0.29, 0.717) is 0 Å². The molecule has 0 spiro atoms. The highest BCUT2D eigenvalue weighted by molar-refractivity contribution is 6.38. The van der Waals surface area contributed by atoms with Crippen molar-refractivity contribution in [3.8, 4) is 0 Å². The van der Waals surface area contributed by atoms with Crippen molar-refractivity contribution in [2.75, 3.05) is 0 Å². The van der Waals surface area contributed by atoms with Crippen LogP contribution in [-0.4, -0.2) is 0 Å². The van der Waals surface area contributed by atoms with Crippen LogP contribution in [0, 0.1) is 13.8 Å². The Balaban J connectivity index is 2.51. The summed E-state index contributed by atoms with van der Waals surface area (Å²) in [6.07, 6.45) is 0. The molecule has 3 aromatic carbocycles. The van der Waals surface area contributed by atoms with Crippen LogP contribution in [0.15, 0.2) is 36.4 Å². The average molecular weight is 275 g/mol. The van der Waals surface area contributed by atoms with Crippen LogP contribution in [-0.2, 0) is 0 Å². The van der Waals surface area contributed by atoms with E-state index in [0.717, 1.165) is 42.7 Å². The maximum absolute atomic E-state index is 6.36. The van der Waals surface area contributed by atoms with Crippen LogP contribution < -0.4 is 0 Å². The third-order valence-corrected chi connectivity index (χ3v) is 4.42. The van der Waals surface area contributed by atoms with Crippen molar-refractivity contribution in [1.29, 1.82) is 0 Å². The second-order valence-electron chi connectivity index (χ2n) is 4.69. The van der Waals surface area contributed by atoms with Crippen LogP contribution in [0.4, 0.5) is 0 Å². The lowest BCUT2D eigenvalue weighted by atomic mass is 10.0. The van der Waals surface area contributed by atoms with Crippen molar-refractivity contribution in [2.24, 2.45) is 0 Å². The van der Waals surface area contributed by atoms with Crippen LogP contribution in [0.25, 0.3) is 21.5 Å². The summed E-state index contributed by atoms with van der Waals surface area (Å²) in [5, 5.41) is 6.08. The van der Waals surface area contributed by atoms with Gasteiger partial charge >= 0.3 is 0 Å². The topological polar surface area (TPSA) is 0 Å². The summed E-state index contributed by atoms with van der Waals surface area (Å²) >= 11 is 12.7. The predicted molar refractivity (Wildman–Crippen MR) is 80.9 cm³/mol. The Morgan fingerprint density at radius 3 is 1.44 bits per heavy atom. The minimum atomic E-state index is 0.825. The number of hydrogen-bond donors (Lipinski definition) is 0. The maximum atomic E-state index is 6.36. The molecule has 0 saturated carbocycles. The van der Waals surface area contributed by atoms with E-state index in [1.54, 1.807) is 0 Å². The Morgan fingerprint density at radius 2 is 1.06 bits per heavy atom. The zero-order valence-electron chi connectivity index (χ0n) is 10.2. The molecule has 0 nitrogen and oxygen atoms in total. The summed E-state index contributed by atoms with van der Waals surface area (Å²) in [4.78, 5) is 0. The molecule has 0 aliphatic rings. The second kappa shape index (κ2) is 4.15. The zero-order chi connectivity index (χ0) is 12.9. The van der Waals surface area contributed by atoms with Gasteiger partial charge in [0, 0.05) is 10.8 Å². The van der Waals surface area contributed by atoms with Gasteiger partial charge in [-0.2, -0.15) is 0 Å². The van der Waals surface area contributed by atoms with Gasteiger partial charge in [-0.3, -0.25) is 0 Å². The number of benzene rings is 3. The minimum Gasteiger partial charge on any atom is -0.0834 e. The van der Waals surface area contributed by atoms with E-state index in [1.807, 2.05) is 26.0 Å². The number of aryl methyl sites for hydroxylation is 2. The molecule has 18 heavy (non-hydrogen) atoms. The molecule has 0 atom stereocenters. The molecule has 3 aromatic rings. The molecule has 0 aliphatic carbocycles. The van der Waals surface area contributed by atoms with Crippen LogP contribution in [0.1, 0.15) is 11.1 Å². The fraction of sp³-hybridized carbons (Fsp3) is 0.125. The SMILES string of the molecule is Cc1ccc2cc3c(Cl)c(C)ccc3cc2c1Cl. The minimum absolute atomic E-state index is 0.825. The summed E-state index contributed by atoms with van der Waals surface area (Å²) in [5.41, 5.74) is 2.20. The van der Waals surface area contributed by atoms with Gasteiger partial charge in [0.1, 0.15) is 0 Å². The summed E-state index contributed by atoms with van der Waals surface area (Å²) < 4.78 is 0. The maximum Gasteiger partial charge on any atom is 0.0513 e. The summed E-state index contributed by atoms with van der Waals surface area (Å²) in [6, 6.07) is 12.5. The predicted octanol–water partition coefficient (Wildman–Crippen LogP) is 5.92. The quantitative estimate of drug-likeness (QED) is 0.447. The van der Waals surface area contributed by atoms with E-state index in [-0.39, 0.29) is 0 Å². The van der Waals surface area contributed by atoms with Gasteiger partial charge in [-0.25, -0.2) is 0 Å². The fourth-order valence-electron chi connectivity index (χ4n) is 2.29. The highest BCUT2D eigenvalue weighted by atomic mass is 35.5. The van der Waals surface area contributed by atoms with Gasteiger partial charge < -0.3 is 0 Å². The lowest BCUT2D eigenvalue weighted by molar-refractivity contribution is 1.50. The van der Waals surface area contributed by atoms with Gasteiger partial charge in [-0.05, 0) is 47.9 Å². The molecule has 0 amide bonds. The van der Waals surface area contributed by atoms with Crippen LogP contribution in [0.3, 0.4) is 0 Å². The Bertz CT molecular complexity index is 705. The average Bonchev–Trinajstić information content (AvgIpc) is 2.38. The van der Waals surface area contributed by atoms with Crippen LogP contribution >= 0.6 is 23.2 Å². The van der Waals surface area contributed by atoms with Crippen molar-refractivity contribution in [1.82, 2.24) is 0 Å². The van der Waals surface area contributed by atoms with Crippen molar-refractivity contribution in [3.05, 3.63) is 57.6 Å². The Labute approximate surface area is 116 Å². The molecule has 0 saturated heterocycles. The van der Waals surface area contributed by atoms with Crippen molar-refractivity contribution in [3.63, 3.8) is 0 Å². The van der Waals surface area contributed by atoms with E-state index < -0.39 is 0 Å². The lowest BCUT2D eigenvalue weighted by Gasteiger charge is -2.09. The van der Waals surface area contributed by atoms with Crippen molar-refractivity contribution in [2.45, 2.75) is 13.8 Å². The molecule has 0 unspecified atom stereocenters. The van der Waals surface area contributed by atoms with E-state index >= 15 is 0 Å². The van der Waals surface area contributed by atoms with Crippen LogP contribution in [0.5, 0.6) is 0 Å². The first-order valence-electron chi connectivity index (χ1n) is 5.85. The van der Waals surface area contributed by atoms with E-state index in [2.05, 4.69) is 24.3 Å². The Morgan fingerprint density at radius 1 is 0.667 bits per heavy atom. The monoisotopic (exact) mass is 274 g/mol. The molecule has 0 N–H and O–H groups in total. The van der Waals surface area contributed by atoms with Gasteiger partial charge in [0.25, 0.3) is 0 Å². The molecular formula is C16H12Cl2. The Kier molecular flexibility index (Phi) is 2.73. The van der Waals surface area contributed by atoms with Crippen molar-refractivity contribution >= 4 is 44.7 Å². The largest absolute Gasteiger partial charge is 0.0834 e. The molecule has 0 fully saturated rings. The number of hydrogen-bond acceptors (Lipinski definition) is 0. The normalized spacial score (nSPS) is 11.3. The molecule has 0 bridgehead atoms. The molecule has 2 heteroatoms. The summed E-state index contributed by atoms with van der Waals surface area (Å²) in [6.45, 7) is 4.04. The van der Waals surface area contributed by atoms with Gasteiger partial charge in [-0.15, -0.1) is 0 Å². The van der Waals surface area contributed by atoms with E-state index in [9.17, 15) is 0 Å². The number of fused-ring (bicyclic) bond motifs is 2. The van der Waals surface area contributed by atoms with E-state index in [1.165, 1.54) is 0 Å². The molecule has 90 valence electrons. The first-order valence-corrected chi connectivity index (χ1v) is 6.61.